The molecule has 0 radical (unpaired) electrons. The van der Waals surface area contributed by atoms with Crippen molar-refractivity contribution >= 4 is 0 Å². The highest BCUT2D eigenvalue weighted by Crippen LogP contribution is 2.34. The summed E-state index contributed by atoms with van der Waals surface area (Å²) in [5, 5.41) is 28.6. The van der Waals surface area contributed by atoms with Crippen LogP contribution in [0.25, 0.3) is 0 Å². The predicted molar refractivity (Wildman–Crippen MR) is 94.6 cm³/mol. The van der Waals surface area contributed by atoms with Gasteiger partial charge in [0.1, 0.15) is 0 Å². The van der Waals surface area contributed by atoms with Crippen molar-refractivity contribution in [2.45, 2.75) is 25.0 Å². The minimum Gasteiger partial charge on any atom is -0.395 e. The third kappa shape index (κ3) is 4.48. The first kappa shape index (κ1) is 18.5. The first-order chi connectivity index (χ1) is 12.1. The number of fused-ring (bicyclic) bond motifs is 4. The number of rotatable bonds is 8. The molecule has 1 aromatic heterocycles. The Balaban J connectivity index is 1.60. The molecule has 140 valence electrons. The summed E-state index contributed by atoms with van der Waals surface area (Å²) in [4.78, 5) is 16.2. The Kier molecular flexibility index (Phi) is 6.24. The largest absolute Gasteiger partial charge is 0.395 e. The van der Waals surface area contributed by atoms with Crippen LogP contribution in [0, 0.1) is 5.92 Å². The van der Waals surface area contributed by atoms with Crippen molar-refractivity contribution < 1.29 is 15.3 Å². The molecule has 3 heterocycles. The van der Waals surface area contributed by atoms with Gasteiger partial charge in [-0.15, -0.1) is 0 Å². The lowest BCUT2D eigenvalue weighted by atomic mass is 9.83. The van der Waals surface area contributed by atoms with Crippen LogP contribution >= 0.6 is 0 Å². The normalized spacial score (nSPS) is 24.3. The fourth-order valence-electron chi connectivity index (χ4n) is 4.38. The molecule has 3 N–H and O–H groups in total. The van der Waals surface area contributed by atoms with Crippen LogP contribution in [0.2, 0.25) is 0 Å². The zero-order valence-corrected chi connectivity index (χ0v) is 14.6. The molecular formula is C18H29N3O4. The van der Waals surface area contributed by atoms with E-state index in [-0.39, 0.29) is 18.8 Å². The number of pyridine rings is 1. The maximum atomic E-state index is 12.1. The van der Waals surface area contributed by atoms with Gasteiger partial charge in [0, 0.05) is 63.5 Å². The van der Waals surface area contributed by atoms with Gasteiger partial charge in [-0.2, -0.15) is 0 Å². The van der Waals surface area contributed by atoms with Crippen molar-refractivity contribution in [3.8, 4) is 0 Å². The summed E-state index contributed by atoms with van der Waals surface area (Å²) in [7, 11) is 0. The molecule has 3 rings (SSSR count). The number of aliphatic hydroxyl groups excluding tert-OH is 3. The monoisotopic (exact) mass is 351 g/mol. The molecule has 0 saturated carbocycles. The SMILES string of the molecule is O=c1cccc2n1CC1CC2CN(CC(O)CN(CCO)CCO)C1. The van der Waals surface area contributed by atoms with E-state index in [0.717, 1.165) is 31.7 Å². The Morgan fingerprint density at radius 2 is 1.92 bits per heavy atom. The van der Waals surface area contributed by atoms with E-state index in [0.29, 0.717) is 38.0 Å². The minimum atomic E-state index is -0.519. The Morgan fingerprint density at radius 1 is 1.16 bits per heavy atom. The molecule has 1 aromatic rings. The molecule has 2 aliphatic rings. The second-order valence-corrected chi connectivity index (χ2v) is 7.32. The number of aliphatic hydroxyl groups is 3. The third-order valence-electron chi connectivity index (χ3n) is 5.33. The summed E-state index contributed by atoms with van der Waals surface area (Å²) in [5.41, 5.74) is 1.20. The smallest absolute Gasteiger partial charge is 0.250 e. The molecule has 2 bridgehead atoms. The van der Waals surface area contributed by atoms with Crippen molar-refractivity contribution in [3.63, 3.8) is 0 Å². The molecular weight excluding hydrogens is 322 g/mol. The zero-order valence-electron chi connectivity index (χ0n) is 14.6. The average Bonchev–Trinajstić information content (AvgIpc) is 2.56. The van der Waals surface area contributed by atoms with E-state index in [1.54, 1.807) is 6.07 Å². The van der Waals surface area contributed by atoms with Gasteiger partial charge < -0.3 is 19.9 Å². The number of piperidine rings is 1. The molecule has 0 aromatic carbocycles. The Morgan fingerprint density at radius 3 is 2.64 bits per heavy atom. The number of β-amino-alcohol motifs (C(OH)–C–C–N with tert-alkyl or cyclic N) is 1. The zero-order chi connectivity index (χ0) is 17.8. The second kappa shape index (κ2) is 8.42. The predicted octanol–water partition coefficient (Wildman–Crippen LogP) is -1.09. The number of nitrogens with zero attached hydrogens (tertiary/aromatic N) is 3. The first-order valence-corrected chi connectivity index (χ1v) is 9.15. The molecule has 0 aliphatic carbocycles. The third-order valence-corrected chi connectivity index (χ3v) is 5.33. The topological polar surface area (TPSA) is 89.2 Å². The highest BCUT2D eigenvalue weighted by atomic mass is 16.3. The van der Waals surface area contributed by atoms with Gasteiger partial charge in [-0.05, 0) is 18.4 Å². The van der Waals surface area contributed by atoms with Crippen LogP contribution in [0.15, 0.2) is 23.0 Å². The van der Waals surface area contributed by atoms with E-state index >= 15 is 0 Å². The fraction of sp³-hybridized carbons (Fsp3) is 0.722. The second-order valence-electron chi connectivity index (χ2n) is 7.32. The molecule has 7 nitrogen and oxygen atoms in total. The van der Waals surface area contributed by atoms with Crippen LogP contribution in [-0.2, 0) is 6.54 Å². The van der Waals surface area contributed by atoms with E-state index in [9.17, 15) is 9.90 Å². The summed E-state index contributed by atoms with van der Waals surface area (Å²) in [6, 6.07) is 5.51. The van der Waals surface area contributed by atoms with Crippen molar-refractivity contribution in [1.82, 2.24) is 14.4 Å². The quantitative estimate of drug-likeness (QED) is 0.552. The van der Waals surface area contributed by atoms with E-state index in [1.807, 2.05) is 21.6 Å². The van der Waals surface area contributed by atoms with Gasteiger partial charge in [0.15, 0.2) is 0 Å². The molecule has 3 unspecified atom stereocenters. The van der Waals surface area contributed by atoms with Crippen molar-refractivity contribution in [1.29, 1.82) is 0 Å². The highest BCUT2D eigenvalue weighted by Gasteiger charge is 2.34. The number of hydrogen-bond donors (Lipinski definition) is 3. The van der Waals surface area contributed by atoms with Gasteiger partial charge >= 0.3 is 0 Å². The van der Waals surface area contributed by atoms with Crippen LogP contribution in [0.4, 0.5) is 0 Å². The lowest BCUT2D eigenvalue weighted by Crippen LogP contribution is -2.50. The van der Waals surface area contributed by atoms with Gasteiger partial charge in [0.05, 0.1) is 19.3 Å². The van der Waals surface area contributed by atoms with Gasteiger partial charge in [-0.25, -0.2) is 0 Å². The van der Waals surface area contributed by atoms with Crippen LogP contribution in [0.3, 0.4) is 0 Å². The first-order valence-electron chi connectivity index (χ1n) is 9.15. The summed E-state index contributed by atoms with van der Waals surface area (Å²) < 4.78 is 1.91. The Labute approximate surface area is 148 Å². The maximum absolute atomic E-state index is 12.1. The standard InChI is InChI=1S/C18H29N3O4/c22-6-4-19(5-7-23)12-16(24)13-20-9-14-8-15(11-20)17-2-1-3-18(25)21(17)10-14/h1-3,14-16,22-24H,4-13H2. The van der Waals surface area contributed by atoms with Crippen LogP contribution in [-0.4, -0.2) is 88.3 Å². The molecule has 0 spiro atoms. The molecule has 25 heavy (non-hydrogen) atoms. The Bertz CT molecular complexity index is 615. The number of hydrogen-bond acceptors (Lipinski definition) is 6. The summed E-state index contributed by atoms with van der Waals surface area (Å²) in [6.45, 7) is 4.50. The summed E-state index contributed by atoms with van der Waals surface area (Å²) >= 11 is 0. The van der Waals surface area contributed by atoms with Gasteiger partial charge in [0.25, 0.3) is 5.56 Å². The van der Waals surface area contributed by atoms with E-state index in [4.69, 9.17) is 10.2 Å². The Hall–Kier alpha value is -1.25. The molecule has 0 amide bonds. The van der Waals surface area contributed by atoms with Crippen LogP contribution in [0.1, 0.15) is 18.0 Å². The molecule has 2 aliphatic heterocycles. The number of aromatic nitrogens is 1. The molecule has 7 heteroatoms. The van der Waals surface area contributed by atoms with Crippen molar-refractivity contribution in [2.75, 3.05) is 52.5 Å². The van der Waals surface area contributed by atoms with Crippen molar-refractivity contribution in [3.05, 3.63) is 34.2 Å². The fourth-order valence-corrected chi connectivity index (χ4v) is 4.38. The van der Waals surface area contributed by atoms with Gasteiger partial charge in [-0.1, -0.05) is 6.07 Å². The summed E-state index contributed by atoms with van der Waals surface area (Å²) in [5.74, 6) is 0.795. The lowest BCUT2D eigenvalue weighted by molar-refractivity contribution is 0.0358. The van der Waals surface area contributed by atoms with Gasteiger partial charge in [0.2, 0.25) is 0 Å². The molecule has 1 fully saturated rings. The highest BCUT2D eigenvalue weighted by molar-refractivity contribution is 5.16. The lowest BCUT2D eigenvalue weighted by Gasteiger charge is -2.43. The maximum Gasteiger partial charge on any atom is 0.250 e. The minimum absolute atomic E-state index is 0.0200. The van der Waals surface area contributed by atoms with E-state index in [1.165, 1.54) is 0 Å². The summed E-state index contributed by atoms with van der Waals surface area (Å²) in [6.07, 6.45) is 0.590. The van der Waals surface area contributed by atoms with E-state index < -0.39 is 6.10 Å². The van der Waals surface area contributed by atoms with Gasteiger partial charge in [-0.3, -0.25) is 14.6 Å². The average molecular weight is 351 g/mol. The van der Waals surface area contributed by atoms with Crippen LogP contribution in [0.5, 0.6) is 0 Å². The van der Waals surface area contributed by atoms with Crippen molar-refractivity contribution in [2.24, 2.45) is 5.92 Å². The number of likely N-dealkylation sites (tertiary alicyclic amines) is 1. The molecule has 1 saturated heterocycles. The van der Waals surface area contributed by atoms with Crippen LogP contribution < -0.4 is 5.56 Å². The van der Waals surface area contributed by atoms with E-state index in [2.05, 4.69) is 4.90 Å². The molecule has 3 atom stereocenters.